The fourth-order valence-corrected chi connectivity index (χ4v) is 5.43. The lowest BCUT2D eigenvalue weighted by Crippen LogP contribution is -2.37. The maximum Gasteiger partial charge on any atom is 0.260 e. The first-order valence-electron chi connectivity index (χ1n) is 9.76. The third kappa shape index (κ3) is 4.94. The number of ether oxygens (including phenoxy) is 1. The zero-order chi connectivity index (χ0) is 20.4. The molecule has 0 aliphatic carbocycles. The van der Waals surface area contributed by atoms with Crippen LogP contribution >= 0.6 is 34.7 Å². The van der Waals surface area contributed by atoms with Gasteiger partial charge < -0.3 is 4.74 Å². The summed E-state index contributed by atoms with van der Waals surface area (Å²) in [6, 6.07) is 13.4. The van der Waals surface area contributed by atoms with Gasteiger partial charge in [0.1, 0.15) is 0 Å². The molecule has 0 saturated carbocycles. The molecule has 1 atom stereocenters. The number of nitrogens with zero attached hydrogens (tertiary/aromatic N) is 2. The van der Waals surface area contributed by atoms with Gasteiger partial charge in [0, 0.05) is 27.3 Å². The Labute approximate surface area is 184 Å². The third-order valence-corrected chi connectivity index (χ3v) is 6.99. The van der Waals surface area contributed by atoms with Gasteiger partial charge >= 0.3 is 0 Å². The first-order valence-corrected chi connectivity index (χ1v) is 11.8. The molecule has 0 radical (unpaired) electrons. The monoisotopic (exact) mass is 446 g/mol. The van der Waals surface area contributed by atoms with E-state index in [0.717, 1.165) is 34.6 Å². The standard InChI is InChI=1S/C22H23ClN2O2S2/c1-14(2)28-18-8-5-15(6-9-18)21(26)25(13-17-4-3-11-27-17)22-24-19-10-7-16(23)12-20(19)29-22/h5-10,12,14,17H,3-4,11,13H2,1-2H3. The van der Waals surface area contributed by atoms with Gasteiger partial charge in [-0.3, -0.25) is 9.69 Å². The van der Waals surface area contributed by atoms with E-state index in [1.807, 2.05) is 42.5 Å². The summed E-state index contributed by atoms with van der Waals surface area (Å²) in [5, 5.41) is 1.86. The molecular weight excluding hydrogens is 424 g/mol. The van der Waals surface area contributed by atoms with Crippen molar-refractivity contribution in [2.45, 2.75) is 42.9 Å². The summed E-state index contributed by atoms with van der Waals surface area (Å²) in [7, 11) is 0. The fourth-order valence-electron chi connectivity index (χ4n) is 3.35. The number of halogens is 1. The quantitative estimate of drug-likeness (QED) is 0.418. The molecule has 4 nitrogen and oxygen atoms in total. The van der Waals surface area contributed by atoms with Crippen LogP contribution in [0.4, 0.5) is 5.13 Å². The second-order valence-electron chi connectivity index (χ2n) is 7.35. The summed E-state index contributed by atoms with van der Waals surface area (Å²) in [5.74, 6) is -0.0493. The van der Waals surface area contributed by atoms with Crippen LogP contribution in [0, 0.1) is 0 Å². The molecule has 7 heteroatoms. The highest BCUT2D eigenvalue weighted by Gasteiger charge is 2.27. The number of fused-ring (bicyclic) bond motifs is 1. The third-order valence-electron chi connectivity index (χ3n) is 4.70. The minimum Gasteiger partial charge on any atom is -0.376 e. The van der Waals surface area contributed by atoms with E-state index in [4.69, 9.17) is 21.3 Å². The van der Waals surface area contributed by atoms with Crippen LogP contribution in [-0.4, -0.2) is 35.4 Å². The molecule has 3 aromatic rings. The van der Waals surface area contributed by atoms with Crippen LogP contribution in [-0.2, 0) is 4.74 Å². The number of amides is 1. The summed E-state index contributed by atoms with van der Waals surface area (Å²) in [4.78, 5) is 21.0. The predicted molar refractivity (Wildman–Crippen MR) is 123 cm³/mol. The van der Waals surface area contributed by atoms with E-state index in [9.17, 15) is 4.79 Å². The molecule has 2 aromatic carbocycles. The molecule has 0 N–H and O–H groups in total. The second-order valence-corrected chi connectivity index (χ2v) is 10.4. The molecule has 29 heavy (non-hydrogen) atoms. The molecular formula is C22H23ClN2O2S2. The van der Waals surface area contributed by atoms with E-state index in [2.05, 4.69) is 13.8 Å². The normalized spacial score (nSPS) is 16.6. The number of carbonyl (C=O) groups excluding carboxylic acids is 1. The van der Waals surface area contributed by atoms with Gasteiger partial charge in [0.15, 0.2) is 5.13 Å². The maximum atomic E-state index is 13.4. The number of anilines is 1. The number of thioether (sulfide) groups is 1. The maximum absolute atomic E-state index is 13.4. The van der Waals surface area contributed by atoms with Crippen LogP contribution in [0.1, 0.15) is 37.0 Å². The van der Waals surface area contributed by atoms with E-state index in [-0.39, 0.29) is 12.0 Å². The van der Waals surface area contributed by atoms with Gasteiger partial charge in [-0.05, 0) is 55.3 Å². The number of thiazole rings is 1. The highest BCUT2D eigenvalue weighted by molar-refractivity contribution is 7.99. The van der Waals surface area contributed by atoms with Gasteiger partial charge in [-0.1, -0.05) is 36.8 Å². The minimum atomic E-state index is -0.0493. The van der Waals surface area contributed by atoms with Crippen molar-refractivity contribution in [3.8, 4) is 0 Å². The molecule has 1 saturated heterocycles. The SMILES string of the molecule is CC(C)Sc1ccc(C(=O)N(CC2CCCO2)c2nc3ccc(Cl)cc3s2)cc1. The largest absolute Gasteiger partial charge is 0.376 e. The summed E-state index contributed by atoms with van der Waals surface area (Å²) in [6.45, 7) is 5.58. The Morgan fingerprint density at radius 1 is 1.31 bits per heavy atom. The fraction of sp³-hybridized carbons (Fsp3) is 0.364. The molecule has 0 spiro atoms. The Bertz CT molecular complexity index is 998. The number of carbonyl (C=O) groups is 1. The van der Waals surface area contributed by atoms with Crippen LogP contribution in [0.5, 0.6) is 0 Å². The lowest BCUT2D eigenvalue weighted by atomic mass is 10.2. The van der Waals surface area contributed by atoms with Gasteiger partial charge in [0.25, 0.3) is 5.91 Å². The van der Waals surface area contributed by atoms with Crippen molar-refractivity contribution >= 4 is 56.0 Å². The first kappa shape index (κ1) is 20.7. The van der Waals surface area contributed by atoms with Crippen LogP contribution in [0.15, 0.2) is 47.4 Å². The first-order chi connectivity index (χ1) is 14.0. The number of benzene rings is 2. The summed E-state index contributed by atoms with van der Waals surface area (Å²) in [6.07, 6.45) is 2.04. The summed E-state index contributed by atoms with van der Waals surface area (Å²) in [5.41, 5.74) is 1.51. The number of hydrogen-bond donors (Lipinski definition) is 0. The lowest BCUT2D eigenvalue weighted by Gasteiger charge is -2.23. The van der Waals surface area contributed by atoms with Crippen LogP contribution in [0.25, 0.3) is 10.2 Å². The second kappa shape index (κ2) is 9.04. The van der Waals surface area contributed by atoms with Gasteiger partial charge in [0.2, 0.25) is 0 Å². The van der Waals surface area contributed by atoms with Crippen molar-refractivity contribution in [2.24, 2.45) is 0 Å². The van der Waals surface area contributed by atoms with E-state index in [1.54, 1.807) is 16.7 Å². The van der Waals surface area contributed by atoms with Crippen molar-refractivity contribution < 1.29 is 9.53 Å². The van der Waals surface area contributed by atoms with Crippen LogP contribution in [0.2, 0.25) is 5.02 Å². The predicted octanol–water partition coefficient (Wildman–Crippen LogP) is 6.28. The van der Waals surface area contributed by atoms with Crippen molar-refractivity contribution in [3.63, 3.8) is 0 Å². The van der Waals surface area contributed by atoms with E-state index < -0.39 is 0 Å². The molecule has 1 aliphatic heterocycles. The molecule has 1 aromatic heterocycles. The molecule has 1 unspecified atom stereocenters. The Kier molecular flexibility index (Phi) is 6.44. The molecule has 1 aliphatic rings. The highest BCUT2D eigenvalue weighted by atomic mass is 35.5. The Morgan fingerprint density at radius 3 is 2.79 bits per heavy atom. The molecule has 4 rings (SSSR count). The topological polar surface area (TPSA) is 42.4 Å². The molecule has 152 valence electrons. The van der Waals surface area contributed by atoms with Crippen molar-refractivity contribution in [2.75, 3.05) is 18.1 Å². The van der Waals surface area contributed by atoms with Gasteiger partial charge in [-0.25, -0.2) is 4.98 Å². The summed E-state index contributed by atoms with van der Waals surface area (Å²) >= 11 is 9.40. The van der Waals surface area contributed by atoms with Crippen LogP contribution in [0.3, 0.4) is 0 Å². The average molecular weight is 447 g/mol. The highest BCUT2D eigenvalue weighted by Crippen LogP contribution is 2.33. The molecule has 1 fully saturated rings. The average Bonchev–Trinajstić information content (AvgIpc) is 3.34. The molecule has 1 amide bonds. The number of hydrogen-bond acceptors (Lipinski definition) is 5. The Balaban J connectivity index is 1.64. The Morgan fingerprint density at radius 2 is 2.10 bits per heavy atom. The van der Waals surface area contributed by atoms with Crippen LogP contribution < -0.4 is 4.90 Å². The van der Waals surface area contributed by atoms with E-state index in [1.165, 1.54) is 11.3 Å². The van der Waals surface area contributed by atoms with Crippen molar-refractivity contribution in [3.05, 3.63) is 53.1 Å². The molecule has 0 bridgehead atoms. The zero-order valence-corrected chi connectivity index (χ0v) is 18.8. The number of rotatable bonds is 6. The van der Waals surface area contributed by atoms with E-state index in [0.29, 0.717) is 27.5 Å². The smallest absolute Gasteiger partial charge is 0.260 e. The van der Waals surface area contributed by atoms with Gasteiger partial charge in [0.05, 0.1) is 22.9 Å². The van der Waals surface area contributed by atoms with E-state index >= 15 is 0 Å². The van der Waals surface area contributed by atoms with Crippen molar-refractivity contribution in [1.29, 1.82) is 0 Å². The molecule has 2 heterocycles. The minimum absolute atomic E-state index is 0.0466. The summed E-state index contributed by atoms with van der Waals surface area (Å²) < 4.78 is 6.78. The van der Waals surface area contributed by atoms with Crippen molar-refractivity contribution in [1.82, 2.24) is 4.98 Å². The Hall–Kier alpha value is -1.60. The number of aromatic nitrogens is 1. The lowest BCUT2D eigenvalue weighted by molar-refractivity contribution is 0.0917. The van der Waals surface area contributed by atoms with Gasteiger partial charge in [-0.2, -0.15) is 0 Å². The zero-order valence-electron chi connectivity index (χ0n) is 16.4. The van der Waals surface area contributed by atoms with Gasteiger partial charge in [-0.15, -0.1) is 11.8 Å².